The van der Waals surface area contributed by atoms with Crippen LogP contribution in [0.2, 0.25) is 0 Å². The van der Waals surface area contributed by atoms with E-state index in [0.29, 0.717) is 6.92 Å². The number of alkyl halides is 3. The Balaban J connectivity index is 1.96. The summed E-state index contributed by atoms with van der Waals surface area (Å²) in [6.45, 7) is 1.45. The van der Waals surface area contributed by atoms with Gasteiger partial charge in [0, 0.05) is 25.7 Å². The monoisotopic (exact) mass is 560 g/mol. The molecule has 0 radical (unpaired) electrons. The molecular weight excluding hydrogens is 533 g/mol. The van der Waals surface area contributed by atoms with Crippen molar-refractivity contribution in [1.29, 1.82) is 0 Å². The predicted molar refractivity (Wildman–Crippen MR) is 130 cm³/mol. The minimum atomic E-state index is -5.09. The summed E-state index contributed by atoms with van der Waals surface area (Å²) in [4.78, 5) is 14.1. The highest BCUT2D eigenvalue weighted by Gasteiger charge is 2.54. The molecule has 2 aromatic carbocycles. The Morgan fingerprint density at radius 2 is 1.50 bits per heavy atom. The maximum absolute atomic E-state index is 14.2. The number of fused-ring (bicyclic) bond motifs is 1. The second-order valence-corrected chi connectivity index (χ2v) is 9.52. The minimum Gasteiger partial charge on any atom is -0.487 e. The third-order valence-electron chi connectivity index (χ3n) is 5.10. The quantitative estimate of drug-likeness (QED) is 0.172. The number of anilines is 1. The molecular formula is C23H27F3N4O7S. The fraction of sp³-hybridized carbons (Fsp3) is 0.391. The molecule has 1 aromatic heterocycles. The highest BCUT2D eigenvalue weighted by Crippen LogP contribution is 2.38. The number of nitrogens with zero attached hydrogens (tertiary/aromatic N) is 2. The van der Waals surface area contributed by atoms with Crippen molar-refractivity contribution in [3.05, 3.63) is 48.8 Å². The molecule has 15 heteroatoms. The molecule has 208 valence electrons. The molecule has 1 heterocycles. The summed E-state index contributed by atoms with van der Waals surface area (Å²) in [6.07, 6.45) is -4.05. The molecule has 0 saturated carbocycles. The number of sulfonamides is 1. The molecule has 38 heavy (non-hydrogen) atoms. The van der Waals surface area contributed by atoms with Gasteiger partial charge in [-0.3, -0.25) is 0 Å². The molecule has 0 aliphatic heterocycles. The maximum Gasteiger partial charge on any atom is 0.438 e. The van der Waals surface area contributed by atoms with E-state index in [1.165, 1.54) is 50.6 Å². The Labute approximate surface area is 217 Å². The van der Waals surface area contributed by atoms with Crippen molar-refractivity contribution >= 4 is 26.7 Å². The Morgan fingerprint density at radius 3 is 2.08 bits per heavy atom. The average molecular weight is 561 g/mol. The van der Waals surface area contributed by atoms with Crippen LogP contribution >= 0.6 is 0 Å². The summed E-state index contributed by atoms with van der Waals surface area (Å²) in [5.74, 6) is 0.178. The lowest BCUT2D eigenvalue weighted by molar-refractivity contribution is -0.268. The third-order valence-corrected chi connectivity index (χ3v) is 6.29. The molecule has 0 bridgehead atoms. The normalized spacial score (nSPS) is 13.7. The highest BCUT2D eigenvalue weighted by molar-refractivity contribution is 7.89. The number of benzene rings is 2. The molecule has 0 amide bonds. The molecule has 3 rings (SSSR count). The molecule has 1 atom stereocenters. The van der Waals surface area contributed by atoms with E-state index in [0.717, 1.165) is 6.33 Å². The number of ether oxygens (including phenoxy) is 4. The van der Waals surface area contributed by atoms with Gasteiger partial charge < -0.3 is 24.3 Å². The summed E-state index contributed by atoms with van der Waals surface area (Å²) in [5, 5.41) is 2.29. The van der Waals surface area contributed by atoms with Crippen molar-refractivity contribution in [3.63, 3.8) is 0 Å². The fourth-order valence-electron chi connectivity index (χ4n) is 3.03. The largest absolute Gasteiger partial charge is 0.487 e. The number of hydrogen-bond acceptors (Lipinski definition) is 10. The Morgan fingerprint density at radius 1 is 0.895 bits per heavy atom. The van der Waals surface area contributed by atoms with Gasteiger partial charge >= 0.3 is 6.18 Å². The third kappa shape index (κ3) is 7.20. The highest BCUT2D eigenvalue weighted by atomic mass is 32.2. The second kappa shape index (κ2) is 12.5. The van der Waals surface area contributed by atoms with Crippen LogP contribution in [0.4, 0.5) is 19.0 Å². The smallest absolute Gasteiger partial charge is 0.438 e. The molecule has 3 aromatic rings. The SMILES string of the molecule is COCCOc1cc2ncnc(NC(C)(ONS(=O)(=O)c3ccccc3)C(F)(F)F)c2cc1OCCOC. The van der Waals surface area contributed by atoms with Gasteiger partial charge in [-0.15, -0.1) is 0 Å². The van der Waals surface area contributed by atoms with Crippen LogP contribution in [0.5, 0.6) is 11.5 Å². The van der Waals surface area contributed by atoms with Crippen LogP contribution in [0.25, 0.3) is 10.9 Å². The van der Waals surface area contributed by atoms with Gasteiger partial charge in [-0.05, 0) is 25.1 Å². The van der Waals surface area contributed by atoms with E-state index in [1.54, 1.807) is 11.0 Å². The van der Waals surface area contributed by atoms with Crippen molar-refractivity contribution in [2.75, 3.05) is 46.0 Å². The summed E-state index contributed by atoms with van der Waals surface area (Å²) in [7, 11) is -1.44. The van der Waals surface area contributed by atoms with Gasteiger partial charge in [0.25, 0.3) is 15.7 Å². The van der Waals surface area contributed by atoms with Crippen LogP contribution in [-0.2, 0) is 24.3 Å². The van der Waals surface area contributed by atoms with Crippen molar-refractivity contribution in [2.24, 2.45) is 0 Å². The van der Waals surface area contributed by atoms with Gasteiger partial charge in [-0.25, -0.2) is 23.2 Å². The lowest BCUT2D eigenvalue weighted by Crippen LogP contribution is -2.55. The van der Waals surface area contributed by atoms with E-state index in [4.69, 9.17) is 23.8 Å². The van der Waals surface area contributed by atoms with Gasteiger partial charge in [0.05, 0.1) is 23.6 Å². The fourth-order valence-corrected chi connectivity index (χ4v) is 3.91. The van der Waals surface area contributed by atoms with E-state index in [2.05, 4.69) is 15.3 Å². The van der Waals surface area contributed by atoms with Crippen LogP contribution in [0.15, 0.2) is 53.7 Å². The van der Waals surface area contributed by atoms with Crippen LogP contribution in [0.3, 0.4) is 0 Å². The molecule has 0 fully saturated rings. The maximum atomic E-state index is 14.2. The summed E-state index contributed by atoms with van der Waals surface area (Å²) >= 11 is 0. The summed E-state index contributed by atoms with van der Waals surface area (Å²) < 4.78 is 88.7. The standard InChI is InChI=1S/C23H27F3N4O7S/c1-22(23(24,25)26,37-30-38(31,32)16-7-5-4-6-8-16)29-21-17-13-19(35-11-9-33-2)20(36-12-10-34-3)14-18(17)27-15-28-21/h4-8,13-15,30H,9-12H2,1-3H3,(H,27,28,29). The lowest BCUT2D eigenvalue weighted by atomic mass is 10.1. The first-order valence-electron chi connectivity index (χ1n) is 11.1. The number of aromatic nitrogens is 2. The first-order chi connectivity index (χ1) is 18.0. The summed E-state index contributed by atoms with van der Waals surface area (Å²) in [5.41, 5.74) is -3.01. The molecule has 1 unspecified atom stereocenters. The van der Waals surface area contributed by atoms with E-state index in [1.807, 2.05) is 0 Å². The topological polar surface area (TPSA) is 130 Å². The number of methoxy groups -OCH3 is 2. The van der Waals surface area contributed by atoms with E-state index < -0.39 is 21.9 Å². The van der Waals surface area contributed by atoms with Crippen molar-refractivity contribution in [3.8, 4) is 11.5 Å². The summed E-state index contributed by atoms with van der Waals surface area (Å²) in [6, 6.07) is 9.69. The molecule has 0 spiro atoms. The lowest BCUT2D eigenvalue weighted by Gasteiger charge is -2.32. The number of hydrogen-bond donors (Lipinski definition) is 2. The first-order valence-corrected chi connectivity index (χ1v) is 12.6. The Kier molecular flexibility index (Phi) is 9.67. The van der Waals surface area contributed by atoms with E-state index in [9.17, 15) is 21.6 Å². The van der Waals surface area contributed by atoms with Crippen LogP contribution in [-0.4, -0.2) is 70.9 Å². The van der Waals surface area contributed by atoms with Crippen molar-refractivity contribution in [1.82, 2.24) is 14.9 Å². The first kappa shape index (κ1) is 29.3. The zero-order valence-electron chi connectivity index (χ0n) is 20.7. The second-order valence-electron chi connectivity index (χ2n) is 7.88. The molecule has 0 aliphatic rings. The Hall–Kier alpha value is -3.24. The van der Waals surface area contributed by atoms with Crippen molar-refractivity contribution in [2.45, 2.75) is 23.7 Å². The number of halogens is 3. The zero-order valence-corrected chi connectivity index (χ0v) is 21.6. The van der Waals surface area contributed by atoms with Gasteiger partial charge in [0.15, 0.2) is 11.5 Å². The van der Waals surface area contributed by atoms with Crippen LogP contribution in [0, 0.1) is 0 Å². The van der Waals surface area contributed by atoms with Gasteiger partial charge in [-0.1, -0.05) is 23.1 Å². The van der Waals surface area contributed by atoms with E-state index >= 15 is 0 Å². The van der Waals surface area contributed by atoms with Gasteiger partial charge in [0.1, 0.15) is 25.4 Å². The Bertz CT molecular complexity index is 1310. The number of rotatable bonds is 14. The molecule has 0 aliphatic carbocycles. The average Bonchev–Trinajstić information content (AvgIpc) is 2.88. The number of nitrogens with one attached hydrogen (secondary N) is 2. The van der Waals surface area contributed by atoms with E-state index in [-0.39, 0.29) is 59.5 Å². The van der Waals surface area contributed by atoms with Crippen LogP contribution in [0.1, 0.15) is 6.92 Å². The van der Waals surface area contributed by atoms with Gasteiger partial charge in [0.2, 0.25) is 0 Å². The zero-order chi connectivity index (χ0) is 27.8. The predicted octanol–water partition coefficient (Wildman–Crippen LogP) is 3.28. The molecule has 11 nitrogen and oxygen atoms in total. The molecule has 0 saturated heterocycles. The molecule has 2 N–H and O–H groups in total. The minimum absolute atomic E-state index is 0.129. The van der Waals surface area contributed by atoms with Gasteiger partial charge in [-0.2, -0.15) is 13.2 Å². The van der Waals surface area contributed by atoms with Crippen LogP contribution < -0.4 is 19.7 Å². The van der Waals surface area contributed by atoms with Crippen molar-refractivity contribution < 1.29 is 45.4 Å².